The Morgan fingerprint density at radius 3 is 2.50 bits per heavy atom. The fourth-order valence-corrected chi connectivity index (χ4v) is 3.65. The van der Waals surface area contributed by atoms with Crippen molar-refractivity contribution in [2.45, 2.75) is 4.90 Å². The van der Waals surface area contributed by atoms with Crippen LogP contribution in [0.2, 0.25) is 5.02 Å². The number of rotatable bonds is 7. The summed E-state index contributed by atoms with van der Waals surface area (Å²) in [6.07, 6.45) is 0. The van der Waals surface area contributed by atoms with Crippen LogP contribution in [0, 0.1) is 0 Å². The molecule has 0 spiro atoms. The van der Waals surface area contributed by atoms with Crippen molar-refractivity contribution in [2.24, 2.45) is 0 Å². The second kappa shape index (κ2) is 7.31. The highest BCUT2D eigenvalue weighted by Crippen LogP contribution is 2.24. The molecular weight excluding hydrogens is 297 g/mol. The monoisotopic (exact) mass is 311 g/mol. The van der Waals surface area contributed by atoms with Gasteiger partial charge in [-0.1, -0.05) is 23.7 Å². The molecule has 0 saturated heterocycles. The van der Waals surface area contributed by atoms with Crippen LogP contribution in [-0.4, -0.2) is 45.4 Å². The molecule has 0 atom stereocenters. The summed E-state index contributed by atoms with van der Waals surface area (Å²) in [6, 6.07) is 6.34. The van der Waals surface area contributed by atoms with Gasteiger partial charge in [0.2, 0.25) is 10.0 Å². The number of halogens is 2. The van der Waals surface area contributed by atoms with E-state index in [1.54, 1.807) is 18.2 Å². The van der Waals surface area contributed by atoms with Gasteiger partial charge < -0.3 is 4.74 Å². The molecule has 0 N–H and O–H groups in total. The van der Waals surface area contributed by atoms with E-state index in [1.165, 1.54) is 17.5 Å². The number of alkyl halides is 1. The molecule has 1 aromatic rings. The van der Waals surface area contributed by atoms with Crippen LogP contribution < -0.4 is 0 Å². The Labute approximate surface area is 117 Å². The van der Waals surface area contributed by atoms with Crippen molar-refractivity contribution in [2.75, 3.05) is 32.7 Å². The summed E-state index contributed by atoms with van der Waals surface area (Å²) in [5, 5.41) is 0.203. The minimum Gasteiger partial charge on any atom is -0.383 e. The van der Waals surface area contributed by atoms with Gasteiger partial charge in [0.25, 0.3) is 0 Å². The van der Waals surface area contributed by atoms with Crippen LogP contribution in [0.4, 0.5) is 0 Å². The fraction of sp³-hybridized carbons (Fsp3) is 0.455. The maximum absolute atomic E-state index is 12.4. The molecule has 7 heteroatoms. The highest BCUT2D eigenvalue weighted by atomic mass is 35.5. The summed E-state index contributed by atoms with van der Waals surface area (Å²) >= 11 is 11.5. The van der Waals surface area contributed by atoms with Gasteiger partial charge in [0.15, 0.2) is 0 Å². The number of nitrogens with zero attached hydrogens (tertiary/aromatic N) is 1. The Hall–Kier alpha value is -0.330. The maximum Gasteiger partial charge on any atom is 0.244 e. The van der Waals surface area contributed by atoms with E-state index in [-0.39, 0.29) is 28.9 Å². The summed E-state index contributed by atoms with van der Waals surface area (Å²) < 4.78 is 30.9. The molecule has 0 aromatic heterocycles. The summed E-state index contributed by atoms with van der Waals surface area (Å²) in [5.41, 5.74) is 0. The molecule has 102 valence electrons. The van der Waals surface area contributed by atoms with Gasteiger partial charge in [0.05, 0.1) is 11.6 Å². The minimum absolute atomic E-state index is 0.0906. The molecule has 4 nitrogen and oxygen atoms in total. The lowest BCUT2D eigenvalue weighted by Crippen LogP contribution is -2.35. The first kappa shape index (κ1) is 15.7. The quantitative estimate of drug-likeness (QED) is 0.725. The number of ether oxygens (including phenoxy) is 1. The van der Waals surface area contributed by atoms with Crippen molar-refractivity contribution in [3.63, 3.8) is 0 Å². The van der Waals surface area contributed by atoms with Crippen LogP contribution in [0.25, 0.3) is 0 Å². The molecule has 1 aromatic carbocycles. The number of hydrogen-bond acceptors (Lipinski definition) is 3. The topological polar surface area (TPSA) is 46.6 Å². The Morgan fingerprint density at radius 2 is 1.94 bits per heavy atom. The molecule has 0 saturated carbocycles. The number of benzene rings is 1. The van der Waals surface area contributed by atoms with E-state index in [1.807, 2.05) is 0 Å². The minimum atomic E-state index is -3.63. The summed E-state index contributed by atoms with van der Waals surface area (Å²) in [7, 11) is -2.11. The molecule has 0 aliphatic heterocycles. The lowest BCUT2D eigenvalue weighted by atomic mass is 10.4. The Bertz CT molecular complexity index is 479. The van der Waals surface area contributed by atoms with Crippen molar-refractivity contribution in [1.29, 1.82) is 0 Å². The highest BCUT2D eigenvalue weighted by Gasteiger charge is 2.25. The predicted octanol–water partition coefficient (Wildman–Crippen LogP) is 2.22. The van der Waals surface area contributed by atoms with E-state index in [9.17, 15) is 8.42 Å². The van der Waals surface area contributed by atoms with Crippen molar-refractivity contribution in [3.8, 4) is 0 Å². The SMILES string of the molecule is COCCN(CCCl)S(=O)(=O)c1ccccc1Cl. The van der Waals surface area contributed by atoms with Gasteiger partial charge >= 0.3 is 0 Å². The first-order valence-electron chi connectivity index (χ1n) is 5.33. The van der Waals surface area contributed by atoms with Crippen molar-refractivity contribution in [3.05, 3.63) is 29.3 Å². The first-order chi connectivity index (χ1) is 8.54. The second-order valence-corrected chi connectivity index (χ2v) is 6.21. The second-order valence-electron chi connectivity index (χ2n) is 3.52. The van der Waals surface area contributed by atoms with Gasteiger partial charge in [-0.15, -0.1) is 11.6 Å². The van der Waals surface area contributed by atoms with Crippen LogP contribution in [0.15, 0.2) is 29.2 Å². The molecule has 0 amide bonds. The number of hydrogen-bond donors (Lipinski definition) is 0. The Balaban J connectivity index is 3.05. The molecule has 0 bridgehead atoms. The van der Waals surface area contributed by atoms with E-state index >= 15 is 0 Å². The van der Waals surface area contributed by atoms with E-state index in [0.29, 0.717) is 6.61 Å². The van der Waals surface area contributed by atoms with E-state index in [0.717, 1.165) is 0 Å². The van der Waals surface area contributed by atoms with E-state index < -0.39 is 10.0 Å². The molecule has 0 heterocycles. The summed E-state index contributed by atoms with van der Waals surface area (Å²) in [5.74, 6) is 0.216. The molecule has 0 aliphatic carbocycles. The third-order valence-electron chi connectivity index (χ3n) is 2.33. The van der Waals surface area contributed by atoms with Crippen LogP contribution in [0.5, 0.6) is 0 Å². The van der Waals surface area contributed by atoms with Crippen LogP contribution in [0.1, 0.15) is 0 Å². The molecule has 0 fully saturated rings. The van der Waals surface area contributed by atoms with Crippen molar-refractivity contribution >= 4 is 33.2 Å². The molecule has 0 aliphatic rings. The van der Waals surface area contributed by atoms with Gasteiger partial charge in [-0.3, -0.25) is 0 Å². The van der Waals surface area contributed by atoms with Gasteiger partial charge in [-0.25, -0.2) is 8.42 Å². The first-order valence-corrected chi connectivity index (χ1v) is 7.69. The summed E-state index contributed by atoms with van der Waals surface area (Å²) in [4.78, 5) is 0.0906. The molecule has 0 radical (unpaired) electrons. The van der Waals surface area contributed by atoms with Gasteiger partial charge in [0.1, 0.15) is 4.90 Å². The molecule has 1 rings (SSSR count). The number of methoxy groups -OCH3 is 1. The van der Waals surface area contributed by atoms with E-state index in [4.69, 9.17) is 27.9 Å². The average molecular weight is 312 g/mol. The predicted molar refractivity (Wildman–Crippen MR) is 72.8 cm³/mol. The highest BCUT2D eigenvalue weighted by molar-refractivity contribution is 7.89. The smallest absolute Gasteiger partial charge is 0.244 e. The Morgan fingerprint density at radius 1 is 1.28 bits per heavy atom. The van der Waals surface area contributed by atoms with Crippen LogP contribution in [0.3, 0.4) is 0 Å². The zero-order valence-electron chi connectivity index (χ0n) is 9.97. The third-order valence-corrected chi connectivity index (χ3v) is 4.90. The largest absolute Gasteiger partial charge is 0.383 e. The lowest BCUT2D eigenvalue weighted by molar-refractivity contribution is 0.180. The zero-order valence-corrected chi connectivity index (χ0v) is 12.3. The van der Waals surface area contributed by atoms with Gasteiger partial charge in [-0.2, -0.15) is 4.31 Å². The average Bonchev–Trinajstić information content (AvgIpc) is 2.34. The number of sulfonamides is 1. The van der Waals surface area contributed by atoms with Crippen LogP contribution >= 0.6 is 23.2 Å². The third kappa shape index (κ3) is 3.83. The van der Waals surface area contributed by atoms with Gasteiger partial charge in [-0.05, 0) is 12.1 Å². The van der Waals surface area contributed by atoms with Crippen molar-refractivity contribution < 1.29 is 13.2 Å². The molecular formula is C11H15Cl2NO3S. The molecule has 0 unspecified atom stereocenters. The van der Waals surface area contributed by atoms with Crippen molar-refractivity contribution in [1.82, 2.24) is 4.31 Å². The Kier molecular flexibility index (Phi) is 6.38. The van der Waals surface area contributed by atoms with E-state index in [2.05, 4.69) is 0 Å². The van der Waals surface area contributed by atoms with Gasteiger partial charge in [0, 0.05) is 26.1 Å². The molecule has 18 heavy (non-hydrogen) atoms. The summed E-state index contributed by atoms with van der Waals surface area (Å²) in [6.45, 7) is 0.774. The maximum atomic E-state index is 12.4. The zero-order chi connectivity index (χ0) is 13.6. The fourth-order valence-electron chi connectivity index (χ4n) is 1.43. The van der Waals surface area contributed by atoms with Crippen LogP contribution in [-0.2, 0) is 14.8 Å². The standard InChI is InChI=1S/C11H15Cl2NO3S/c1-17-9-8-14(7-6-12)18(15,16)11-5-3-2-4-10(11)13/h2-5H,6-9H2,1H3. The normalized spacial score (nSPS) is 12.0. The lowest BCUT2D eigenvalue weighted by Gasteiger charge is -2.21.